The molecule has 2 saturated carbocycles. The molecular weight excluding hydrogens is 508 g/mol. The van der Waals surface area contributed by atoms with Crippen LogP contribution < -0.4 is 21.1 Å². The van der Waals surface area contributed by atoms with E-state index in [1.807, 2.05) is 0 Å². The second kappa shape index (κ2) is 10.3. The highest BCUT2D eigenvalue weighted by Gasteiger charge is 2.57. The first-order valence-electron chi connectivity index (χ1n) is 13.3. The number of rotatable bonds is 9. The zero-order valence-electron chi connectivity index (χ0n) is 21.8. The van der Waals surface area contributed by atoms with Crippen molar-refractivity contribution >= 4 is 29.7 Å². The van der Waals surface area contributed by atoms with Crippen LogP contribution in [-0.2, 0) is 25.7 Å². The zero-order chi connectivity index (χ0) is 27.9. The number of hydrogen-bond acceptors (Lipinski definition) is 7. The average Bonchev–Trinajstić information content (AvgIpc) is 3.83. The van der Waals surface area contributed by atoms with Gasteiger partial charge in [0.25, 0.3) is 5.91 Å². The van der Waals surface area contributed by atoms with Gasteiger partial charge in [0.05, 0.1) is 13.1 Å². The number of ether oxygens (including phenoxy) is 1. The number of nitrogens with one attached hydrogen (secondary N) is 2. The number of fused-ring (bicyclic) bond motifs is 1. The molecule has 0 radical (unpaired) electrons. The molecule has 13 heteroatoms. The maximum absolute atomic E-state index is 14.1. The Kier molecular flexibility index (Phi) is 7.08. The molecule has 0 unspecified atom stereocenters. The summed E-state index contributed by atoms with van der Waals surface area (Å²) in [4.78, 5) is 71.6. The van der Waals surface area contributed by atoms with Gasteiger partial charge in [0, 0.05) is 19.7 Å². The number of primary amides is 1. The van der Waals surface area contributed by atoms with E-state index in [9.17, 15) is 29.1 Å². The topological polar surface area (TPSA) is 184 Å². The van der Waals surface area contributed by atoms with Gasteiger partial charge in [-0.05, 0) is 36.8 Å². The SMILES string of the molecule is CN(C(=O)[C@H](CC1CC1)NC(=O)O)[C@@H](CC1CC1)C(=O)N1C[C@@]2(C[C@H]1C(N)=O)Oc1cccnc1CNC2=O. The van der Waals surface area contributed by atoms with E-state index in [1.54, 1.807) is 18.3 Å². The Labute approximate surface area is 225 Å². The van der Waals surface area contributed by atoms with Crippen LogP contribution in [0.1, 0.15) is 50.6 Å². The second-order valence-electron chi connectivity index (χ2n) is 11.1. The molecule has 1 aromatic heterocycles. The summed E-state index contributed by atoms with van der Waals surface area (Å²) in [6.07, 6.45) is 4.51. The summed E-state index contributed by atoms with van der Waals surface area (Å²) in [6, 6.07) is 0.271. The highest BCUT2D eigenvalue weighted by Crippen LogP contribution is 2.39. The van der Waals surface area contributed by atoms with Gasteiger partial charge in [-0.1, -0.05) is 25.7 Å². The van der Waals surface area contributed by atoms with Crippen molar-refractivity contribution in [3.8, 4) is 5.75 Å². The highest BCUT2D eigenvalue weighted by molar-refractivity contribution is 5.96. The van der Waals surface area contributed by atoms with Crippen LogP contribution >= 0.6 is 0 Å². The Balaban J connectivity index is 1.41. The predicted octanol–water partition coefficient (Wildman–Crippen LogP) is -0.0214. The van der Waals surface area contributed by atoms with Gasteiger partial charge in [-0.3, -0.25) is 24.2 Å². The van der Waals surface area contributed by atoms with Crippen molar-refractivity contribution in [2.24, 2.45) is 17.6 Å². The minimum Gasteiger partial charge on any atom is -0.473 e. The number of nitrogens with zero attached hydrogens (tertiary/aromatic N) is 3. The third-order valence-electron chi connectivity index (χ3n) is 8.14. The van der Waals surface area contributed by atoms with E-state index in [-0.39, 0.29) is 31.3 Å². The molecule has 13 nitrogen and oxygen atoms in total. The first-order chi connectivity index (χ1) is 18.6. The van der Waals surface area contributed by atoms with Crippen molar-refractivity contribution in [2.45, 2.75) is 75.2 Å². The Hall–Kier alpha value is -3.90. The van der Waals surface area contributed by atoms with Crippen molar-refractivity contribution in [1.82, 2.24) is 25.4 Å². The minimum absolute atomic E-state index is 0.131. The normalized spacial score (nSPS) is 25.5. The van der Waals surface area contributed by atoms with Gasteiger partial charge in [0.15, 0.2) is 0 Å². The molecule has 5 N–H and O–H groups in total. The zero-order valence-corrected chi connectivity index (χ0v) is 21.8. The standard InChI is InChI=1S/C26H34N6O7/c1-31(22(34)16(30-25(37)38)9-14-4-5-14)18(10-15-6-7-15)23(35)32-13-26(11-19(32)21(27)33)24(36)29-12-17-20(39-26)3-2-8-28-17/h2-3,8,14-16,18-19,30H,4-7,9-13H2,1H3,(H2,27,33)(H,29,36)(H,37,38)/t16-,18-,19-,26+/m0/s1. The van der Waals surface area contributed by atoms with Crippen LogP contribution in [0, 0.1) is 11.8 Å². The number of likely N-dealkylation sites (tertiary alicyclic amines) is 1. The summed E-state index contributed by atoms with van der Waals surface area (Å²) >= 11 is 0. The summed E-state index contributed by atoms with van der Waals surface area (Å²) in [5.41, 5.74) is 4.68. The molecule has 4 aliphatic rings. The molecule has 5 rings (SSSR count). The molecule has 210 valence electrons. The summed E-state index contributed by atoms with van der Waals surface area (Å²) < 4.78 is 6.16. The fraction of sp³-hybridized carbons (Fsp3) is 0.615. The number of hydrogen-bond donors (Lipinski definition) is 4. The first-order valence-corrected chi connectivity index (χ1v) is 13.3. The van der Waals surface area contributed by atoms with E-state index in [0.717, 1.165) is 25.7 Å². The molecule has 3 heterocycles. The van der Waals surface area contributed by atoms with Crippen LogP contribution in [0.5, 0.6) is 5.75 Å². The van der Waals surface area contributed by atoms with Crippen molar-refractivity contribution in [3.63, 3.8) is 0 Å². The molecule has 5 amide bonds. The largest absolute Gasteiger partial charge is 0.473 e. The van der Waals surface area contributed by atoms with E-state index in [1.165, 1.54) is 16.8 Å². The van der Waals surface area contributed by atoms with Crippen LogP contribution in [-0.4, -0.2) is 86.9 Å². The number of amides is 5. The lowest BCUT2D eigenvalue weighted by atomic mass is 9.98. The molecule has 0 aromatic carbocycles. The van der Waals surface area contributed by atoms with Crippen LogP contribution in [0.25, 0.3) is 0 Å². The van der Waals surface area contributed by atoms with Gasteiger partial charge in [-0.15, -0.1) is 0 Å². The van der Waals surface area contributed by atoms with E-state index < -0.39 is 53.4 Å². The Morgan fingerprint density at radius 3 is 2.59 bits per heavy atom. The lowest BCUT2D eigenvalue weighted by Gasteiger charge is -2.35. The first kappa shape index (κ1) is 26.7. The predicted molar refractivity (Wildman–Crippen MR) is 135 cm³/mol. The van der Waals surface area contributed by atoms with Gasteiger partial charge in [0.1, 0.15) is 29.6 Å². The molecule has 1 saturated heterocycles. The van der Waals surface area contributed by atoms with Gasteiger partial charge >= 0.3 is 6.09 Å². The van der Waals surface area contributed by atoms with Gasteiger partial charge in [-0.2, -0.15) is 0 Å². The number of nitrogens with two attached hydrogens (primary N) is 1. The molecule has 2 aliphatic heterocycles. The fourth-order valence-electron chi connectivity index (χ4n) is 5.57. The van der Waals surface area contributed by atoms with Crippen molar-refractivity contribution in [2.75, 3.05) is 13.6 Å². The number of aromatic nitrogens is 1. The van der Waals surface area contributed by atoms with Crippen LogP contribution in [0.4, 0.5) is 4.79 Å². The molecule has 1 aromatic rings. The fourth-order valence-corrected chi connectivity index (χ4v) is 5.57. The Morgan fingerprint density at radius 2 is 1.95 bits per heavy atom. The number of likely N-dealkylation sites (N-methyl/N-ethyl adjacent to an activating group) is 1. The van der Waals surface area contributed by atoms with Crippen molar-refractivity contribution < 1.29 is 33.8 Å². The monoisotopic (exact) mass is 542 g/mol. The summed E-state index contributed by atoms with van der Waals surface area (Å²) in [6.45, 7) is -0.103. The molecule has 39 heavy (non-hydrogen) atoms. The lowest BCUT2D eigenvalue weighted by Crippen LogP contribution is -2.57. The van der Waals surface area contributed by atoms with E-state index in [0.29, 0.717) is 24.3 Å². The maximum atomic E-state index is 14.1. The summed E-state index contributed by atoms with van der Waals surface area (Å²) in [5, 5.41) is 14.4. The molecule has 1 spiro atoms. The molecule has 4 atom stereocenters. The third-order valence-corrected chi connectivity index (χ3v) is 8.14. The number of carbonyl (C=O) groups is 5. The maximum Gasteiger partial charge on any atom is 0.405 e. The lowest BCUT2D eigenvalue weighted by molar-refractivity contribution is -0.149. The summed E-state index contributed by atoms with van der Waals surface area (Å²) in [7, 11) is 1.48. The van der Waals surface area contributed by atoms with Crippen LogP contribution in [0.3, 0.4) is 0 Å². The number of carbonyl (C=O) groups excluding carboxylic acids is 4. The summed E-state index contributed by atoms with van der Waals surface area (Å²) in [5.74, 6) is -1.44. The highest BCUT2D eigenvalue weighted by atomic mass is 16.5. The minimum atomic E-state index is -1.56. The van der Waals surface area contributed by atoms with Gasteiger partial charge < -0.3 is 36.0 Å². The quantitative estimate of drug-likeness (QED) is 0.335. The van der Waals surface area contributed by atoms with Crippen LogP contribution in [0.15, 0.2) is 18.3 Å². The smallest absolute Gasteiger partial charge is 0.405 e. The molecule has 3 fully saturated rings. The van der Waals surface area contributed by atoms with E-state index in [4.69, 9.17) is 10.5 Å². The molecular formula is C26H34N6O7. The van der Waals surface area contributed by atoms with Crippen LogP contribution in [0.2, 0.25) is 0 Å². The van der Waals surface area contributed by atoms with Crippen molar-refractivity contribution in [1.29, 1.82) is 0 Å². The molecule has 0 bridgehead atoms. The molecule has 2 aliphatic carbocycles. The Morgan fingerprint density at radius 1 is 1.26 bits per heavy atom. The third kappa shape index (κ3) is 5.62. The van der Waals surface area contributed by atoms with E-state index >= 15 is 0 Å². The van der Waals surface area contributed by atoms with Crippen molar-refractivity contribution in [3.05, 3.63) is 24.0 Å². The number of pyridine rings is 1. The van der Waals surface area contributed by atoms with Gasteiger partial charge in [-0.25, -0.2) is 4.79 Å². The Bertz CT molecular complexity index is 1190. The number of carboxylic acid groups (broad SMARTS) is 1. The average molecular weight is 543 g/mol. The van der Waals surface area contributed by atoms with Gasteiger partial charge in [0.2, 0.25) is 23.3 Å². The van der Waals surface area contributed by atoms with E-state index in [2.05, 4.69) is 15.6 Å². The second-order valence-corrected chi connectivity index (χ2v) is 11.1.